The van der Waals surface area contributed by atoms with E-state index in [0.29, 0.717) is 18.4 Å². The molecule has 0 spiro atoms. The maximum absolute atomic E-state index is 5.82. The monoisotopic (exact) mass is 230 g/mol. The van der Waals surface area contributed by atoms with Crippen molar-refractivity contribution in [1.29, 1.82) is 0 Å². The van der Waals surface area contributed by atoms with Crippen LogP contribution >= 0.6 is 0 Å². The van der Waals surface area contributed by atoms with Gasteiger partial charge in [0.15, 0.2) is 0 Å². The molecule has 0 aliphatic carbocycles. The van der Waals surface area contributed by atoms with E-state index in [-0.39, 0.29) is 5.60 Å². The van der Waals surface area contributed by atoms with Crippen LogP contribution in [0, 0.1) is 11.8 Å². The fourth-order valence-electron chi connectivity index (χ4n) is 1.25. The molecule has 0 aromatic rings. The quantitative estimate of drug-likeness (QED) is 0.559. The molecule has 0 aliphatic rings. The van der Waals surface area contributed by atoms with Crippen LogP contribution in [0.15, 0.2) is 0 Å². The maximum Gasteiger partial charge on any atom is 0.0858 e. The Hall–Kier alpha value is -0.0800. The molecule has 0 unspecified atom stereocenters. The van der Waals surface area contributed by atoms with Crippen LogP contribution in [0.5, 0.6) is 0 Å². The summed E-state index contributed by atoms with van der Waals surface area (Å²) in [4.78, 5) is 0. The van der Waals surface area contributed by atoms with Gasteiger partial charge in [-0.05, 0) is 38.5 Å². The fraction of sp³-hybridized carbons (Fsp3) is 1.00. The molecule has 0 bridgehead atoms. The number of ether oxygens (including phenoxy) is 2. The van der Waals surface area contributed by atoms with Crippen molar-refractivity contribution in [3.8, 4) is 0 Å². The zero-order valence-corrected chi connectivity index (χ0v) is 12.0. The van der Waals surface area contributed by atoms with Gasteiger partial charge in [-0.25, -0.2) is 0 Å². The molecule has 2 nitrogen and oxygen atoms in total. The third kappa shape index (κ3) is 10.4. The van der Waals surface area contributed by atoms with E-state index in [0.717, 1.165) is 26.1 Å². The van der Waals surface area contributed by atoms with Gasteiger partial charge in [0, 0.05) is 13.2 Å². The molecule has 0 rings (SSSR count). The molecule has 0 heterocycles. The van der Waals surface area contributed by atoms with Crippen molar-refractivity contribution in [2.24, 2.45) is 11.8 Å². The van der Waals surface area contributed by atoms with E-state index >= 15 is 0 Å². The Morgan fingerprint density at radius 2 is 1.38 bits per heavy atom. The summed E-state index contributed by atoms with van der Waals surface area (Å²) in [6, 6.07) is 0. The highest BCUT2D eigenvalue weighted by atomic mass is 16.5. The molecular weight excluding hydrogens is 200 g/mol. The standard InChI is InChI=1S/C14H30O2/c1-12(2)7-9-15-11-14(5,6)16-10-8-13(3)4/h12-13H,7-11H2,1-6H3. The summed E-state index contributed by atoms with van der Waals surface area (Å²) >= 11 is 0. The summed E-state index contributed by atoms with van der Waals surface area (Å²) in [6.07, 6.45) is 2.25. The second kappa shape index (κ2) is 8.08. The first-order valence-electron chi connectivity index (χ1n) is 6.55. The topological polar surface area (TPSA) is 18.5 Å². The van der Waals surface area contributed by atoms with Crippen molar-refractivity contribution >= 4 is 0 Å². The summed E-state index contributed by atoms with van der Waals surface area (Å²) in [6.45, 7) is 15.4. The highest BCUT2D eigenvalue weighted by molar-refractivity contribution is 4.67. The molecular formula is C14H30O2. The predicted molar refractivity (Wildman–Crippen MR) is 69.8 cm³/mol. The van der Waals surface area contributed by atoms with Gasteiger partial charge in [-0.15, -0.1) is 0 Å². The maximum atomic E-state index is 5.82. The first kappa shape index (κ1) is 15.9. The fourth-order valence-corrected chi connectivity index (χ4v) is 1.25. The zero-order valence-electron chi connectivity index (χ0n) is 12.0. The smallest absolute Gasteiger partial charge is 0.0858 e. The lowest BCUT2D eigenvalue weighted by molar-refractivity contribution is -0.0786. The molecule has 0 saturated carbocycles. The second-order valence-electron chi connectivity index (χ2n) is 6.03. The summed E-state index contributed by atoms with van der Waals surface area (Å²) in [5.41, 5.74) is -0.147. The Balaban J connectivity index is 3.53. The largest absolute Gasteiger partial charge is 0.378 e. The van der Waals surface area contributed by atoms with Crippen molar-refractivity contribution in [3.63, 3.8) is 0 Å². The Bertz CT molecular complexity index is 162. The van der Waals surface area contributed by atoms with Crippen molar-refractivity contribution in [2.45, 2.75) is 60.0 Å². The van der Waals surface area contributed by atoms with Crippen molar-refractivity contribution in [2.75, 3.05) is 19.8 Å². The average molecular weight is 230 g/mol. The molecule has 0 aliphatic heterocycles. The van der Waals surface area contributed by atoms with Gasteiger partial charge < -0.3 is 9.47 Å². The summed E-state index contributed by atoms with van der Waals surface area (Å²) < 4.78 is 11.5. The van der Waals surface area contributed by atoms with Crippen LogP contribution < -0.4 is 0 Å². The summed E-state index contributed by atoms with van der Waals surface area (Å²) in [5, 5.41) is 0. The molecule has 0 aromatic carbocycles. The SMILES string of the molecule is CC(C)CCOCC(C)(C)OCCC(C)C. The molecule has 0 saturated heterocycles. The molecule has 0 aromatic heterocycles. The van der Waals surface area contributed by atoms with Crippen LogP contribution in [0.1, 0.15) is 54.4 Å². The zero-order chi connectivity index (χ0) is 12.6. The molecule has 0 fully saturated rings. The Labute approximate surface area is 102 Å². The van der Waals surface area contributed by atoms with E-state index in [2.05, 4.69) is 41.5 Å². The Kier molecular flexibility index (Phi) is 8.04. The van der Waals surface area contributed by atoms with Crippen LogP contribution in [0.25, 0.3) is 0 Å². The van der Waals surface area contributed by atoms with Gasteiger partial charge in [0.05, 0.1) is 12.2 Å². The van der Waals surface area contributed by atoms with Crippen molar-refractivity contribution in [1.82, 2.24) is 0 Å². The van der Waals surface area contributed by atoms with Crippen LogP contribution in [0.3, 0.4) is 0 Å². The lowest BCUT2D eigenvalue weighted by Crippen LogP contribution is -2.31. The second-order valence-corrected chi connectivity index (χ2v) is 6.03. The van der Waals surface area contributed by atoms with Gasteiger partial charge in [0.2, 0.25) is 0 Å². The van der Waals surface area contributed by atoms with E-state index in [1.807, 2.05) is 0 Å². The van der Waals surface area contributed by atoms with E-state index in [4.69, 9.17) is 9.47 Å². The highest BCUT2D eigenvalue weighted by Crippen LogP contribution is 2.12. The molecule has 98 valence electrons. The van der Waals surface area contributed by atoms with Gasteiger partial charge in [-0.3, -0.25) is 0 Å². The van der Waals surface area contributed by atoms with Gasteiger partial charge in [-0.2, -0.15) is 0 Å². The summed E-state index contributed by atoms with van der Waals surface area (Å²) in [7, 11) is 0. The number of hydrogen-bond donors (Lipinski definition) is 0. The lowest BCUT2D eigenvalue weighted by atomic mass is 10.1. The minimum Gasteiger partial charge on any atom is -0.378 e. The Morgan fingerprint density at radius 3 is 1.88 bits per heavy atom. The highest BCUT2D eigenvalue weighted by Gasteiger charge is 2.18. The molecule has 0 N–H and O–H groups in total. The van der Waals surface area contributed by atoms with Crippen LogP contribution in [0.2, 0.25) is 0 Å². The minimum absolute atomic E-state index is 0.147. The third-order valence-corrected chi connectivity index (χ3v) is 2.48. The van der Waals surface area contributed by atoms with Crippen molar-refractivity contribution < 1.29 is 9.47 Å². The normalized spacial score (nSPS) is 12.8. The van der Waals surface area contributed by atoms with E-state index < -0.39 is 0 Å². The number of rotatable bonds is 9. The minimum atomic E-state index is -0.147. The van der Waals surface area contributed by atoms with Gasteiger partial charge in [0.25, 0.3) is 0 Å². The molecule has 0 radical (unpaired) electrons. The molecule has 2 heteroatoms. The third-order valence-electron chi connectivity index (χ3n) is 2.48. The Morgan fingerprint density at radius 1 is 0.875 bits per heavy atom. The van der Waals surface area contributed by atoms with Crippen LogP contribution in [-0.2, 0) is 9.47 Å². The van der Waals surface area contributed by atoms with Gasteiger partial charge in [0.1, 0.15) is 0 Å². The summed E-state index contributed by atoms with van der Waals surface area (Å²) in [5.74, 6) is 1.42. The van der Waals surface area contributed by atoms with Gasteiger partial charge in [-0.1, -0.05) is 27.7 Å². The van der Waals surface area contributed by atoms with E-state index in [1.54, 1.807) is 0 Å². The van der Waals surface area contributed by atoms with Crippen LogP contribution in [-0.4, -0.2) is 25.4 Å². The first-order valence-corrected chi connectivity index (χ1v) is 6.55. The number of hydrogen-bond acceptors (Lipinski definition) is 2. The lowest BCUT2D eigenvalue weighted by Gasteiger charge is -2.25. The van der Waals surface area contributed by atoms with Crippen LogP contribution in [0.4, 0.5) is 0 Å². The van der Waals surface area contributed by atoms with Gasteiger partial charge >= 0.3 is 0 Å². The predicted octanol–water partition coefficient (Wildman–Crippen LogP) is 3.89. The average Bonchev–Trinajstić information content (AvgIpc) is 2.11. The van der Waals surface area contributed by atoms with E-state index in [9.17, 15) is 0 Å². The first-order chi connectivity index (χ1) is 7.33. The molecule has 0 amide bonds. The molecule has 0 atom stereocenters. The molecule has 16 heavy (non-hydrogen) atoms. The van der Waals surface area contributed by atoms with Crippen molar-refractivity contribution in [3.05, 3.63) is 0 Å². The van der Waals surface area contributed by atoms with E-state index in [1.165, 1.54) is 0 Å².